The van der Waals surface area contributed by atoms with Gasteiger partial charge in [0.2, 0.25) is 0 Å². The van der Waals surface area contributed by atoms with Crippen molar-refractivity contribution < 1.29 is 4.74 Å². The summed E-state index contributed by atoms with van der Waals surface area (Å²) in [6.07, 6.45) is 3.65. The van der Waals surface area contributed by atoms with E-state index in [0.717, 1.165) is 83.8 Å². The van der Waals surface area contributed by atoms with E-state index in [-0.39, 0.29) is 0 Å². The zero-order chi connectivity index (χ0) is 36.6. The third-order valence-electron chi connectivity index (χ3n) is 10.1. The van der Waals surface area contributed by atoms with Gasteiger partial charge in [-0.15, -0.1) is 0 Å². The molecule has 0 saturated heterocycles. The Labute approximate surface area is 319 Å². The largest absolute Gasteiger partial charge is 0.456 e. The second-order valence-electron chi connectivity index (χ2n) is 13.4. The number of aromatic nitrogens is 4. The van der Waals surface area contributed by atoms with Crippen molar-refractivity contribution in [3.8, 4) is 101 Å². The second-order valence-corrected chi connectivity index (χ2v) is 13.4. The smallest absolute Gasteiger partial charge is 0.164 e. The minimum Gasteiger partial charge on any atom is -0.456 e. The lowest BCUT2D eigenvalue weighted by Gasteiger charge is -2.18. The molecule has 55 heavy (non-hydrogen) atoms. The highest BCUT2D eigenvalue weighted by Gasteiger charge is 2.22. The second kappa shape index (κ2) is 13.8. The van der Waals surface area contributed by atoms with Crippen LogP contribution in [0.25, 0.3) is 89.8 Å². The average Bonchev–Trinajstić information content (AvgIpc) is 3.28. The number of hydrogen-bond donors (Lipinski definition) is 0. The van der Waals surface area contributed by atoms with Crippen molar-refractivity contribution in [2.45, 2.75) is 0 Å². The van der Waals surface area contributed by atoms with Crippen molar-refractivity contribution in [2.24, 2.45) is 0 Å². The lowest BCUT2D eigenvalue weighted by atomic mass is 9.86. The molecule has 0 aliphatic carbocycles. The number of rotatable bonds is 4. The highest BCUT2D eigenvalue weighted by Crippen LogP contribution is 2.48. The van der Waals surface area contributed by atoms with Crippen LogP contribution in [0.15, 0.2) is 194 Å². The summed E-state index contributed by atoms with van der Waals surface area (Å²) in [4.78, 5) is 19.5. The lowest BCUT2D eigenvalue weighted by Crippen LogP contribution is -2.01. The van der Waals surface area contributed by atoms with E-state index in [1.165, 1.54) is 0 Å². The number of para-hydroxylation sites is 2. The zero-order valence-electron chi connectivity index (χ0n) is 29.7. The molecule has 1 aliphatic rings. The first kappa shape index (κ1) is 32.2. The van der Waals surface area contributed by atoms with Crippen LogP contribution in [0.5, 0.6) is 11.5 Å². The van der Waals surface area contributed by atoms with Crippen LogP contribution >= 0.6 is 0 Å². The van der Waals surface area contributed by atoms with Gasteiger partial charge in [0.25, 0.3) is 0 Å². The maximum atomic E-state index is 6.88. The maximum Gasteiger partial charge on any atom is 0.164 e. The number of ether oxygens (including phenoxy) is 1. The molecule has 0 spiro atoms. The van der Waals surface area contributed by atoms with Crippen molar-refractivity contribution in [3.05, 3.63) is 194 Å². The summed E-state index contributed by atoms with van der Waals surface area (Å²) >= 11 is 0. The van der Waals surface area contributed by atoms with Gasteiger partial charge in [0.05, 0.1) is 0 Å². The Morgan fingerprint density at radius 3 is 1.29 bits per heavy atom. The number of benzene rings is 7. The number of hydrogen-bond acceptors (Lipinski definition) is 5. The Morgan fingerprint density at radius 2 is 0.709 bits per heavy atom. The third kappa shape index (κ3) is 6.04. The van der Waals surface area contributed by atoms with Crippen LogP contribution in [-0.4, -0.2) is 19.9 Å². The molecule has 0 unspecified atom stereocenters. The minimum atomic E-state index is 0.583. The SMILES string of the molecule is c1ccc(-c2nc(-c3ccc(-c4cccnc4)cc3)nc(-c3ccc4c(c3)-c3ccccc3Oc3ccccc3-c3ccccc3-c3ccccc3-4)n2)cc1. The summed E-state index contributed by atoms with van der Waals surface area (Å²) in [5.41, 5.74) is 13.4. The number of pyridine rings is 1. The number of nitrogens with zero attached hydrogens (tertiary/aromatic N) is 4. The normalized spacial score (nSPS) is 11.4. The Bertz CT molecular complexity index is 2840. The Kier molecular flexibility index (Phi) is 8.08. The standard InChI is InChI=1S/C50H32N4O/c1-2-13-34(14-3-1)48-52-49(35-26-24-33(25-27-35)37-15-12-30-51-32-37)54-50(53-48)36-28-29-42-40-18-5-4-16-38(40)39-17-6-7-19-41(39)43-20-8-10-22-46(43)55-47-23-11-9-21-44(47)45(42)31-36/h1-32H. The third-order valence-corrected chi connectivity index (χ3v) is 10.1. The van der Waals surface area contributed by atoms with Crippen molar-refractivity contribution in [3.63, 3.8) is 0 Å². The molecule has 5 nitrogen and oxygen atoms in total. The summed E-state index contributed by atoms with van der Waals surface area (Å²) in [6, 6.07) is 62.6. The topological polar surface area (TPSA) is 60.8 Å². The molecule has 0 bridgehead atoms. The van der Waals surface area contributed by atoms with Gasteiger partial charge in [-0.25, -0.2) is 15.0 Å². The molecule has 9 aromatic rings. The van der Waals surface area contributed by atoms with Crippen LogP contribution < -0.4 is 4.74 Å². The fourth-order valence-corrected chi connectivity index (χ4v) is 7.42. The van der Waals surface area contributed by atoms with Gasteiger partial charge in [0.1, 0.15) is 11.5 Å². The van der Waals surface area contributed by atoms with Crippen LogP contribution in [0.1, 0.15) is 0 Å². The molecule has 0 fully saturated rings. The Hall–Kier alpha value is -7.50. The van der Waals surface area contributed by atoms with E-state index in [4.69, 9.17) is 19.7 Å². The summed E-state index contributed by atoms with van der Waals surface area (Å²) in [5, 5.41) is 0. The average molecular weight is 705 g/mol. The first-order valence-corrected chi connectivity index (χ1v) is 18.3. The molecular formula is C50H32N4O. The molecule has 0 radical (unpaired) electrons. The zero-order valence-corrected chi connectivity index (χ0v) is 29.7. The van der Waals surface area contributed by atoms with Crippen molar-refractivity contribution in [1.82, 2.24) is 19.9 Å². The summed E-state index contributed by atoms with van der Waals surface area (Å²) in [6.45, 7) is 0. The fourth-order valence-electron chi connectivity index (χ4n) is 7.42. The van der Waals surface area contributed by atoms with Gasteiger partial charge in [-0.2, -0.15) is 0 Å². The first-order valence-electron chi connectivity index (χ1n) is 18.3. The summed E-state index contributed by atoms with van der Waals surface area (Å²) in [5.74, 6) is 3.35. The van der Waals surface area contributed by atoms with Crippen molar-refractivity contribution in [1.29, 1.82) is 0 Å². The summed E-state index contributed by atoms with van der Waals surface area (Å²) in [7, 11) is 0. The van der Waals surface area contributed by atoms with Gasteiger partial charge >= 0.3 is 0 Å². The van der Waals surface area contributed by atoms with Gasteiger partial charge in [-0.1, -0.05) is 158 Å². The van der Waals surface area contributed by atoms with E-state index in [1.807, 2.05) is 66.9 Å². The fraction of sp³-hybridized carbons (Fsp3) is 0. The highest BCUT2D eigenvalue weighted by atomic mass is 16.5. The van der Waals surface area contributed by atoms with Gasteiger partial charge in [0.15, 0.2) is 17.5 Å². The van der Waals surface area contributed by atoms with Crippen molar-refractivity contribution in [2.75, 3.05) is 0 Å². The molecule has 2 aromatic heterocycles. The molecule has 5 heteroatoms. The summed E-state index contributed by atoms with van der Waals surface area (Å²) < 4.78 is 6.88. The van der Waals surface area contributed by atoms with Crippen LogP contribution in [-0.2, 0) is 0 Å². The maximum absolute atomic E-state index is 6.88. The van der Waals surface area contributed by atoms with E-state index >= 15 is 0 Å². The quantitative estimate of drug-likeness (QED) is 0.182. The minimum absolute atomic E-state index is 0.583. The lowest BCUT2D eigenvalue weighted by molar-refractivity contribution is 0.486. The molecule has 0 atom stereocenters. The van der Waals surface area contributed by atoms with Gasteiger partial charge in [0, 0.05) is 40.2 Å². The van der Waals surface area contributed by atoms with Gasteiger partial charge in [-0.3, -0.25) is 4.98 Å². The van der Waals surface area contributed by atoms with Gasteiger partial charge in [-0.05, 0) is 68.8 Å². The molecule has 0 saturated carbocycles. The van der Waals surface area contributed by atoms with E-state index in [2.05, 4.69) is 126 Å². The Morgan fingerprint density at radius 1 is 0.291 bits per heavy atom. The van der Waals surface area contributed by atoms with Crippen LogP contribution in [0.4, 0.5) is 0 Å². The van der Waals surface area contributed by atoms with E-state index in [9.17, 15) is 0 Å². The van der Waals surface area contributed by atoms with E-state index in [1.54, 1.807) is 6.20 Å². The predicted molar refractivity (Wildman–Crippen MR) is 221 cm³/mol. The molecular weight excluding hydrogens is 673 g/mol. The molecule has 0 N–H and O–H groups in total. The molecule has 7 aromatic carbocycles. The highest BCUT2D eigenvalue weighted by molar-refractivity contribution is 5.98. The van der Waals surface area contributed by atoms with E-state index in [0.29, 0.717) is 17.5 Å². The monoisotopic (exact) mass is 704 g/mol. The van der Waals surface area contributed by atoms with Gasteiger partial charge < -0.3 is 4.74 Å². The molecule has 0 amide bonds. The van der Waals surface area contributed by atoms with E-state index < -0.39 is 0 Å². The Balaban J connectivity index is 1.19. The van der Waals surface area contributed by atoms with Crippen LogP contribution in [0.2, 0.25) is 0 Å². The predicted octanol–water partition coefficient (Wildman–Crippen LogP) is 12.7. The first-order chi connectivity index (χ1) is 27.3. The number of fused-ring (bicyclic) bond motifs is 9. The molecule has 3 heterocycles. The van der Waals surface area contributed by atoms with Crippen LogP contribution in [0.3, 0.4) is 0 Å². The molecule has 10 rings (SSSR count). The molecule has 258 valence electrons. The molecule has 1 aliphatic heterocycles. The van der Waals surface area contributed by atoms with Crippen LogP contribution in [0, 0.1) is 0 Å². The van der Waals surface area contributed by atoms with Crippen molar-refractivity contribution >= 4 is 0 Å².